The first-order valence-corrected chi connectivity index (χ1v) is 6.74. The number of esters is 1. The van der Waals surface area contributed by atoms with Crippen molar-refractivity contribution in [3.63, 3.8) is 0 Å². The highest BCUT2D eigenvalue weighted by Gasteiger charge is 2.28. The van der Waals surface area contributed by atoms with Gasteiger partial charge in [0.15, 0.2) is 0 Å². The molecule has 0 aromatic heterocycles. The zero-order valence-electron chi connectivity index (χ0n) is 11.2. The van der Waals surface area contributed by atoms with Crippen molar-refractivity contribution in [3.05, 3.63) is 0 Å². The van der Waals surface area contributed by atoms with E-state index < -0.39 is 0 Å². The molecule has 0 amide bonds. The normalized spacial score (nSPS) is 24.6. The Morgan fingerprint density at radius 2 is 1.83 bits per heavy atom. The average molecular weight is 259 g/mol. The van der Waals surface area contributed by atoms with E-state index in [-0.39, 0.29) is 17.9 Å². The van der Waals surface area contributed by atoms with Gasteiger partial charge in [0.1, 0.15) is 6.61 Å². The Morgan fingerprint density at radius 1 is 1.11 bits per heavy atom. The molecule has 0 aliphatic heterocycles. The van der Waals surface area contributed by atoms with Crippen LogP contribution in [0.3, 0.4) is 0 Å². The van der Waals surface area contributed by atoms with Gasteiger partial charge in [0.05, 0.1) is 25.7 Å². The molecule has 0 heterocycles. The van der Waals surface area contributed by atoms with Crippen molar-refractivity contribution in [3.8, 4) is 0 Å². The fourth-order valence-electron chi connectivity index (χ4n) is 2.18. The third-order valence-electron chi connectivity index (χ3n) is 3.28. The van der Waals surface area contributed by atoms with Crippen molar-refractivity contribution < 1.29 is 19.0 Å². The molecule has 0 aromatic rings. The molecule has 0 bridgehead atoms. The maximum Gasteiger partial charge on any atom is 0.310 e. The molecule has 5 nitrogen and oxygen atoms in total. The summed E-state index contributed by atoms with van der Waals surface area (Å²) in [6.45, 7) is 1.79. The Morgan fingerprint density at radius 3 is 2.61 bits per heavy atom. The van der Waals surface area contributed by atoms with Gasteiger partial charge in [-0.1, -0.05) is 19.3 Å². The summed E-state index contributed by atoms with van der Waals surface area (Å²) < 4.78 is 15.3. The second-order valence-electron chi connectivity index (χ2n) is 4.68. The van der Waals surface area contributed by atoms with Crippen molar-refractivity contribution in [2.75, 3.05) is 33.5 Å². The first-order valence-electron chi connectivity index (χ1n) is 6.74. The lowest BCUT2D eigenvalue weighted by Crippen LogP contribution is -2.36. The van der Waals surface area contributed by atoms with Crippen LogP contribution in [0.2, 0.25) is 0 Å². The second kappa shape index (κ2) is 9.30. The van der Waals surface area contributed by atoms with Gasteiger partial charge >= 0.3 is 5.97 Å². The molecule has 106 valence electrons. The van der Waals surface area contributed by atoms with Crippen molar-refractivity contribution in [2.24, 2.45) is 11.7 Å². The largest absolute Gasteiger partial charge is 0.463 e. The molecule has 2 N–H and O–H groups in total. The van der Waals surface area contributed by atoms with E-state index in [1.54, 1.807) is 7.11 Å². The van der Waals surface area contributed by atoms with Crippen molar-refractivity contribution >= 4 is 5.97 Å². The van der Waals surface area contributed by atoms with Gasteiger partial charge in [-0.15, -0.1) is 0 Å². The Labute approximate surface area is 109 Å². The highest BCUT2D eigenvalue weighted by Crippen LogP contribution is 2.23. The molecule has 0 radical (unpaired) electrons. The third-order valence-corrected chi connectivity index (χ3v) is 3.28. The fourth-order valence-corrected chi connectivity index (χ4v) is 2.18. The molecule has 2 atom stereocenters. The summed E-state index contributed by atoms with van der Waals surface area (Å²) in [6.07, 6.45) is 5.12. The standard InChI is InChI=1S/C13H25NO4/c1-16-7-8-17-9-10-18-13(15)11-5-3-2-4-6-12(11)14/h11-12H,2-10,14H2,1H3. The zero-order chi connectivity index (χ0) is 13.2. The Balaban J connectivity index is 2.14. The summed E-state index contributed by atoms with van der Waals surface area (Å²) in [4.78, 5) is 11.9. The van der Waals surface area contributed by atoms with Gasteiger partial charge in [0, 0.05) is 13.2 Å². The molecule has 1 saturated carbocycles. The minimum absolute atomic E-state index is 0.0468. The van der Waals surface area contributed by atoms with E-state index in [2.05, 4.69) is 0 Å². The summed E-state index contributed by atoms with van der Waals surface area (Å²) in [7, 11) is 1.62. The lowest BCUT2D eigenvalue weighted by molar-refractivity contribution is -0.151. The fraction of sp³-hybridized carbons (Fsp3) is 0.923. The zero-order valence-corrected chi connectivity index (χ0v) is 11.2. The molecule has 0 aromatic carbocycles. The second-order valence-corrected chi connectivity index (χ2v) is 4.68. The van der Waals surface area contributed by atoms with Crippen LogP contribution in [0.4, 0.5) is 0 Å². The molecule has 1 aliphatic carbocycles. The van der Waals surface area contributed by atoms with Crippen LogP contribution >= 0.6 is 0 Å². The number of hydrogen-bond acceptors (Lipinski definition) is 5. The molecule has 18 heavy (non-hydrogen) atoms. The highest BCUT2D eigenvalue weighted by molar-refractivity contribution is 5.73. The van der Waals surface area contributed by atoms with Crippen molar-refractivity contribution in [1.82, 2.24) is 0 Å². The lowest BCUT2D eigenvalue weighted by atomic mass is 9.96. The van der Waals surface area contributed by atoms with Gasteiger partial charge in [-0.2, -0.15) is 0 Å². The SMILES string of the molecule is COCCOCCOC(=O)C1CCCCCC1N. The predicted octanol–water partition coefficient (Wildman–Crippen LogP) is 1.10. The van der Waals surface area contributed by atoms with Crippen LogP contribution in [0.25, 0.3) is 0 Å². The Hall–Kier alpha value is -0.650. The molecular formula is C13H25NO4. The van der Waals surface area contributed by atoms with E-state index in [1.165, 1.54) is 0 Å². The first-order chi connectivity index (χ1) is 8.75. The Kier molecular flexibility index (Phi) is 7.96. The summed E-state index contributed by atoms with van der Waals surface area (Å²) in [5.74, 6) is -0.300. The van der Waals surface area contributed by atoms with Crippen LogP contribution in [0.15, 0.2) is 0 Å². The number of carbonyl (C=O) groups is 1. The highest BCUT2D eigenvalue weighted by atomic mass is 16.6. The van der Waals surface area contributed by atoms with Crippen molar-refractivity contribution in [1.29, 1.82) is 0 Å². The minimum Gasteiger partial charge on any atom is -0.463 e. The van der Waals surface area contributed by atoms with Gasteiger partial charge in [-0.3, -0.25) is 4.79 Å². The molecule has 0 spiro atoms. The average Bonchev–Trinajstić information content (AvgIpc) is 2.58. The number of rotatable bonds is 7. The summed E-state index contributed by atoms with van der Waals surface area (Å²) in [5, 5.41) is 0. The van der Waals surface area contributed by atoms with Crippen LogP contribution < -0.4 is 5.73 Å². The molecule has 2 unspecified atom stereocenters. The van der Waals surface area contributed by atoms with Gasteiger partial charge in [-0.25, -0.2) is 0 Å². The van der Waals surface area contributed by atoms with E-state index >= 15 is 0 Å². The van der Waals surface area contributed by atoms with Gasteiger partial charge in [-0.05, 0) is 12.8 Å². The predicted molar refractivity (Wildman–Crippen MR) is 68.2 cm³/mol. The molecule has 0 saturated heterocycles. The molecule has 1 rings (SSSR count). The molecule has 5 heteroatoms. The summed E-state index contributed by atoms with van der Waals surface area (Å²) >= 11 is 0. The molecular weight excluding hydrogens is 234 g/mol. The van der Waals surface area contributed by atoms with Gasteiger partial charge in [0.2, 0.25) is 0 Å². The van der Waals surface area contributed by atoms with Crippen molar-refractivity contribution in [2.45, 2.75) is 38.1 Å². The van der Waals surface area contributed by atoms with E-state index in [0.29, 0.717) is 26.4 Å². The summed E-state index contributed by atoms with van der Waals surface area (Å²) in [6, 6.07) is -0.0468. The minimum atomic E-state index is -0.167. The number of ether oxygens (including phenoxy) is 3. The number of methoxy groups -OCH3 is 1. The molecule has 1 aliphatic rings. The van der Waals surface area contributed by atoms with Crippen LogP contribution in [-0.2, 0) is 19.0 Å². The number of hydrogen-bond donors (Lipinski definition) is 1. The molecule has 1 fully saturated rings. The van der Waals surface area contributed by atoms with Gasteiger partial charge in [0.25, 0.3) is 0 Å². The van der Waals surface area contributed by atoms with Crippen LogP contribution in [-0.4, -0.2) is 45.5 Å². The van der Waals surface area contributed by atoms with Crippen LogP contribution in [0, 0.1) is 5.92 Å². The summed E-state index contributed by atoms with van der Waals surface area (Å²) in [5.41, 5.74) is 6.00. The maximum atomic E-state index is 11.9. The first kappa shape index (κ1) is 15.4. The quantitative estimate of drug-likeness (QED) is 0.421. The maximum absolute atomic E-state index is 11.9. The lowest BCUT2D eigenvalue weighted by Gasteiger charge is -2.19. The van der Waals surface area contributed by atoms with E-state index in [0.717, 1.165) is 32.1 Å². The third kappa shape index (κ3) is 5.80. The topological polar surface area (TPSA) is 70.8 Å². The monoisotopic (exact) mass is 259 g/mol. The number of carbonyl (C=O) groups excluding carboxylic acids is 1. The Bertz CT molecular complexity index is 235. The van der Waals surface area contributed by atoms with Crippen LogP contribution in [0.1, 0.15) is 32.1 Å². The smallest absolute Gasteiger partial charge is 0.310 e. The van der Waals surface area contributed by atoms with Gasteiger partial charge < -0.3 is 19.9 Å². The van der Waals surface area contributed by atoms with E-state index in [9.17, 15) is 4.79 Å². The van der Waals surface area contributed by atoms with E-state index in [1.807, 2.05) is 0 Å². The van der Waals surface area contributed by atoms with Crippen LogP contribution in [0.5, 0.6) is 0 Å². The number of nitrogens with two attached hydrogens (primary N) is 1. The van der Waals surface area contributed by atoms with E-state index in [4.69, 9.17) is 19.9 Å².